The molecule has 3 N–H and O–H groups in total. The van der Waals surface area contributed by atoms with Crippen molar-refractivity contribution in [3.05, 3.63) is 70.7 Å². The van der Waals surface area contributed by atoms with Crippen LogP contribution in [0.5, 0.6) is 5.75 Å². The summed E-state index contributed by atoms with van der Waals surface area (Å²) in [7, 11) is 0. The predicted octanol–water partition coefficient (Wildman–Crippen LogP) is 5.56. The lowest BCUT2D eigenvalue weighted by Crippen LogP contribution is -2.29. The van der Waals surface area contributed by atoms with E-state index < -0.39 is 23.6 Å². The number of anilines is 1. The van der Waals surface area contributed by atoms with Crippen LogP contribution in [0.4, 0.5) is 10.5 Å². The van der Waals surface area contributed by atoms with Gasteiger partial charge in [0, 0.05) is 27.2 Å². The summed E-state index contributed by atoms with van der Waals surface area (Å²) in [5, 5.41) is 20.7. The topological polar surface area (TPSA) is 105 Å². The molecule has 0 unspecified atom stereocenters. The normalized spacial score (nSPS) is 12.4. The summed E-state index contributed by atoms with van der Waals surface area (Å²) in [4.78, 5) is 23.5. The SMILES string of the molecule is CC(C)(CC/C=C/C(=O)O)[C@H](OC(=O)Nc1ccc(Br)cc1)c1ccccc1OCCO. The molecule has 8 heteroatoms. The lowest BCUT2D eigenvalue weighted by molar-refractivity contribution is -0.131. The number of carboxylic acids is 1. The summed E-state index contributed by atoms with van der Waals surface area (Å²) in [5.41, 5.74) is 0.696. The molecule has 0 spiro atoms. The van der Waals surface area contributed by atoms with E-state index in [0.717, 1.165) is 10.5 Å². The van der Waals surface area contributed by atoms with Gasteiger partial charge in [-0.2, -0.15) is 0 Å². The van der Waals surface area contributed by atoms with Gasteiger partial charge in [0.2, 0.25) is 0 Å². The van der Waals surface area contributed by atoms with E-state index in [1.165, 1.54) is 0 Å². The molecule has 7 nitrogen and oxygen atoms in total. The number of hydrogen-bond donors (Lipinski definition) is 3. The first kappa shape index (κ1) is 25.4. The highest BCUT2D eigenvalue weighted by molar-refractivity contribution is 9.10. The highest BCUT2D eigenvalue weighted by Gasteiger charge is 2.35. The number of benzene rings is 2. The third kappa shape index (κ3) is 8.01. The Bertz CT molecular complexity index is 926. The fourth-order valence-corrected chi connectivity index (χ4v) is 3.45. The van der Waals surface area contributed by atoms with Crippen LogP contribution >= 0.6 is 15.9 Å². The van der Waals surface area contributed by atoms with Gasteiger partial charge in [-0.1, -0.05) is 54.1 Å². The summed E-state index contributed by atoms with van der Waals surface area (Å²) in [6.07, 6.45) is 2.42. The summed E-state index contributed by atoms with van der Waals surface area (Å²) in [5.74, 6) is -0.496. The molecule has 32 heavy (non-hydrogen) atoms. The lowest BCUT2D eigenvalue weighted by atomic mass is 9.78. The molecule has 2 rings (SSSR count). The second-order valence-corrected chi connectivity index (χ2v) is 8.71. The number of amides is 1. The van der Waals surface area contributed by atoms with Crippen molar-refractivity contribution >= 4 is 33.7 Å². The van der Waals surface area contributed by atoms with Crippen LogP contribution in [0.25, 0.3) is 0 Å². The fraction of sp³-hybridized carbons (Fsp3) is 0.333. The van der Waals surface area contributed by atoms with Gasteiger partial charge in [0.05, 0.1) is 6.61 Å². The molecule has 0 fully saturated rings. The Morgan fingerprint density at radius 1 is 1.16 bits per heavy atom. The quantitative estimate of drug-likeness (QED) is 0.345. The predicted molar refractivity (Wildman–Crippen MR) is 126 cm³/mol. The zero-order valence-corrected chi connectivity index (χ0v) is 19.7. The third-order valence-corrected chi connectivity index (χ3v) is 5.32. The Hall–Kier alpha value is -2.84. The van der Waals surface area contributed by atoms with Crippen LogP contribution in [0, 0.1) is 5.41 Å². The maximum absolute atomic E-state index is 12.8. The van der Waals surface area contributed by atoms with Crippen LogP contribution in [0.1, 0.15) is 38.4 Å². The van der Waals surface area contributed by atoms with Crippen molar-refractivity contribution in [2.45, 2.75) is 32.8 Å². The minimum absolute atomic E-state index is 0.108. The minimum Gasteiger partial charge on any atom is -0.491 e. The molecule has 0 radical (unpaired) electrons. The van der Waals surface area contributed by atoms with Gasteiger partial charge in [-0.15, -0.1) is 0 Å². The number of aliphatic hydroxyl groups excluding tert-OH is 1. The Labute approximate surface area is 196 Å². The third-order valence-electron chi connectivity index (χ3n) is 4.79. The van der Waals surface area contributed by atoms with E-state index in [-0.39, 0.29) is 13.2 Å². The van der Waals surface area contributed by atoms with Crippen LogP contribution in [-0.2, 0) is 9.53 Å². The standard InChI is InChI=1S/C24H28BrNO6/c1-24(2,14-6-5-9-21(28)29)22(19-7-3-4-8-20(19)31-16-15-27)32-23(30)26-18-12-10-17(25)11-13-18/h3-5,7-13,22,27H,6,14-16H2,1-2H3,(H,26,30)(H,28,29)/b9-5+/t22-/m1/s1. The molecule has 0 bridgehead atoms. The molecule has 2 aromatic rings. The molecule has 0 aromatic heterocycles. The van der Waals surface area contributed by atoms with Gasteiger partial charge in [0.15, 0.2) is 0 Å². The number of rotatable bonds is 11. The number of allylic oxidation sites excluding steroid dienone is 1. The van der Waals surface area contributed by atoms with E-state index in [9.17, 15) is 9.59 Å². The summed E-state index contributed by atoms with van der Waals surface area (Å²) >= 11 is 3.36. The van der Waals surface area contributed by atoms with E-state index in [4.69, 9.17) is 19.7 Å². The molecule has 0 saturated carbocycles. The second kappa shape index (κ2) is 12.3. The number of ether oxygens (including phenoxy) is 2. The molecule has 1 atom stereocenters. The Balaban J connectivity index is 2.28. The summed E-state index contributed by atoms with van der Waals surface area (Å²) in [6.45, 7) is 3.86. The first-order chi connectivity index (χ1) is 15.2. The van der Waals surface area contributed by atoms with E-state index in [0.29, 0.717) is 29.8 Å². The van der Waals surface area contributed by atoms with E-state index in [1.807, 2.05) is 38.1 Å². The number of carbonyl (C=O) groups is 2. The molecule has 1 amide bonds. The van der Waals surface area contributed by atoms with Crippen molar-refractivity contribution in [1.82, 2.24) is 0 Å². The smallest absolute Gasteiger partial charge is 0.412 e. The molecular formula is C24H28BrNO6. The molecule has 2 aromatic carbocycles. The zero-order valence-electron chi connectivity index (χ0n) is 18.1. The van der Waals surface area contributed by atoms with E-state index in [2.05, 4.69) is 21.2 Å². The van der Waals surface area contributed by atoms with Crippen LogP contribution in [-0.4, -0.2) is 35.5 Å². The summed E-state index contributed by atoms with van der Waals surface area (Å²) < 4.78 is 12.5. The van der Waals surface area contributed by atoms with Gasteiger partial charge < -0.3 is 19.7 Å². The average molecular weight is 506 g/mol. The number of carboxylic acid groups (broad SMARTS) is 1. The van der Waals surface area contributed by atoms with Gasteiger partial charge in [-0.05, 0) is 43.2 Å². The number of hydrogen-bond acceptors (Lipinski definition) is 5. The molecule has 172 valence electrons. The number of aliphatic hydroxyl groups is 1. The summed E-state index contributed by atoms with van der Waals surface area (Å²) in [6, 6.07) is 14.3. The van der Waals surface area contributed by atoms with Gasteiger partial charge in [0.25, 0.3) is 0 Å². The van der Waals surface area contributed by atoms with Gasteiger partial charge in [0.1, 0.15) is 18.5 Å². The van der Waals surface area contributed by atoms with Crippen molar-refractivity contribution in [3.63, 3.8) is 0 Å². The van der Waals surface area contributed by atoms with Crippen LogP contribution in [0.15, 0.2) is 65.2 Å². The molecule has 0 aliphatic carbocycles. The van der Waals surface area contributed by atoms with Crippen molar-refractivity contribution in [3.8, 4) is 5.75 Å². The Kier molecular flexibility index (Phi) is 9.74. The van der Waals surface area contributed by atoms with Crippen LogP contribution in [0.2, 0.25) is 0 Å². The molecule has 0 aliphatic heterocycles. The van der Waals surface area contributed by atoms with Crippen molar-refractivity contribution in [1.29, 1.82) is 0 Å². The van der Waals surface area contributed by atoms with Gasteiger partial charge in [-0.3, -0.25) is 5.32 Å². The van der Waals surface area contributed by atoms with E-state index >= 15 is 0 Å². The van der Waals surface area contributed by atoms with Crippen LogP contribution < -0.4 is 10.1 Å². The number of halogens is 1. The maximum atomic E-state index is 12.8. The number of aliphatic carboxylic acids is 1. The highest BCUT2D eigenvalue weighted by Crippen LogP contribution is 2.44. The van der Waals surface area contributed by atoms with E-state index in [1.54, 1.807) is 30.3 Å². The average Bonchev–Trinajstić information content (AvgIpc) is 2.75. The minimum atomic E-state index is -1.01. The first-order valence-corrected chi connectivity index (χ1v) is 11.0. The van der Waals surface area contributed by atoms with Gasteiger partial charge in [-0.25, -0.2) is 9.59 Å². The second-order valence-electron chi connectivity index (χ2n) is 7.79. The number of nitrogens with one attached hydrogen (secondary N) is 1. The lowest BCUT2D eigenvalue weighted by Gasteiger charge is -2.35. The number of para-hydroxylation sites is 1. The molecule has 0 heterocycles. The van der Waals surface area contributed by atoms with Crippen molar-refractivity contribution in [2.24, 2.45) is 5.41 Å². The molecule has 0 aliphatic rings. The molecule has 0 saturated heterocycles. The maximum Gasteiger partial charge on any atom is 0.412 e. The fourth-order valence-electron chi connectivity index (χ4n) is 3.19. The zero-order chi connectivity index (χ0) is 23.6. The first-order valence-electron chi connectivity index (χ1n) is 10.2. The largest absolute Gasteiger partial charge is 0.491 e. The Morgan fingerprint density at radius 2 is 1.84 bits per heavy atom. The van der Waals surface area contributed by atoms with Crippen LogP contribution in [0.3, 0.4) is 0 Å². The molecular weight excluding hydrogens is 478 g/mol. The van der Waals surface area contributed by atoms with Crippen molar-refractivity contribution < 1.29 is 29.3 Å². The highest BCUT2D eigenvalue weighted by atomic mass is 79.9. The monoisotopic (exact) mass is 505 g/mol. The number of carbonyl (C=O) groups excluding carboxylic acids is 1. The Morgan fingerprint density at radius 3 is 2.50 bits per heavy atom. The van der Waals surface area contributed by atoms with Gasteiger partial charge >= 0.3 is 12.1 Å². The van der Waals surface area contributed by atoms with Crippen molar-refractivity contribution in [2.75, 3.05) is 18.5 Å².